The molecule has 2 aromatic heterocycles. The van der Waals surface area contributed by atoms with E-state index in [0.29, 0.717) is 41.0 Å². The Morgan fingerprint density at radius 2 is 1.95 bits per heavy atom. The molecule has 0 aliphatic carbocycles. The molecule has 11 nitrogen and oxygen atoms in total. The van der Waals surface area contributed by atoms with Crippen LogP contribution in [0.2, 0.25) is 0 Å². The van der Waals surface area contributed by atoms with Crippen LogP contribution >= 0.6 is 0 Å². The van der Waals surface area contributed by atoms with Crippen LogP contribution in [0, 0.1) is 6.92 Å². The lowest BCUT2D eigenvalue weighted by molar-refractivity contribution is 0.413. The van der Waals surface area contributed by atoms with Crippen molar-refractivity contribution < 1.29 is 4.74 Å². The van der Waals surface area contributed by atoms with E-state index in [4.69, 9.17) is 10.5 Å². The zero-order valence-electron chi connectivity index (χ0n) is 23.9. The highest BCUT2D eigenvalue weighted by atomic mass is 16.5. The van der Waals surface area contributed by atoms with Crippen molar-refractivity contribution in [1.82, 2.24) is 19.4 Å². The van der Waals surface area contributed by atoms with Gasteiger partial charge in [-0.1, -0.05) is 12.1 Å². The fourth-order valence-corrected chi connectivity index (χ4v) is 5.03. The Morgan fingerprint density at radius 3 is 2.70 bits per heavy atom. The van der Waals surface area contributed by atoms with Gasteiger partial charge in [-0.25, -0.2) is 4.98 Å². The van der Waals surface area contributed by atoms with E-state index in [9.17, 15) is 4.79 Å². The van der Waals surface area contributed by atoms with Gasteiger partial charge in [-0.15, -0.1) is 0 Å². The van der Waals surface area contributed by atoms with Crippen LogP contribution in [0.3, 0.4) is 0 Å². The number of pyridine rings is 1. The molecule has 1 aliphatic heterocycles. The summed E-state index contributed by atoms with van der Waals surface area (Å²) in [6, 6.07) is 11.7. The first-order valence-corrected chi connectivity index (χ1v) is 13.3. The van der Waals surface area contributed by atoms with Crippen LogP contribution in [0.15, 0.2) is 47.4 Å². The highest BCUT2D eigenvalue weighted by molar-refractivity contribution is 5.86. The SMILES string of the molecule is COc1cc(N(C)CCN(C)C)c(N)cc1Nc1ncc2cc(N3CCNc4c(C)cccc43)c(=O)n(C)c2n1. The molecule has 2 aromatic carbocycles. The number of aromatic nitrogens is 3. The first-order valence-electron chi connectivity index (χ1n) is 13.3. The summed E-state index contributed by atoms with van der Waals surface area (Å²) in [6.07, 6.45) is 1.73. The number of nitrogens with one attached hydrogen (secondary N) is 2. The normalized spacial score (nSPS) is 12.8. The van der Waals surface area contributed by atoms with Crippen LogP contribution in [-0.2, 0) is 7.05 Å². The van der Waals surface area contributed by atoms with Gasteiger partial charge < -0.3 is 35.8 Å². The molecule has 5 rings (SSSR count). The van der Waals surface area contributed by atoms with Crippen molar-refractivity contribution in [3.05, 3.63) is 58.5 Å². The number of ether oxygens (including phenoxy) is 1. The van der Waals surface area contributed by atoms with Gasteiger partial charge in [-0.05, 0) is 44.8 Å². The van der Waals surface area contributed by atoms with Crippen LogP contribution in [0.1, 0.15) is 5.56 Å². The monoisotopic (exact) mass is 543 g/mol. The smallest absolute Gasteiger partial charge is 0.275 e. The number of hydrogen-bond acceptors (Lipinski definition) is 10. The predicted molar refractivity (Wildman–Crippen MR) is 164 cm³/mol. The van der Waals surface area contributed by atoms with E-state index in [0.717, 1.165) is 47.6 Å². The lowest BCUT2D eigenvalue weighted by Gasteiger charge is -2.32. The van der Waals surface area contributed by atoms with Crippen LogP contribution in [0.4, 0.5) is 40.1 Å². The molecule has 4 N–H and O–H groups in total. The number of nitrogens with two attached hydrogens (primary N) is 1. The number of hydrogen-bond donors (Lipinski definition) is 3. The molecule has 0 radical (unpaired) electrons. The minimum atomic E-state index is -0.126. The summed E-state index contributed by atoms with van der Waals surface area (Å²) >= 11 is 0. The van der Waals surface area contributed by atoms with Crippen molar-refractivity contribution in [2.24, 2.45) is 7.05 Å². The summed E-state index contributed by atoms with van der Waals surface area (Å²) in [5.74, 6) is 0.950. The van der Waals surface area contributed by atoms with Gasteiger partial charge in [0.1, 0.15) is 17.1 Å². The first-order chi connectivity index (χ1) is 19.2. The fraction of sp³-hybridized carbons (Fsp3) is 0.345. The molecule has 0 amide bonds. The Balaban J connectivity index is 1.47. The third kappa shape index (κ3) is 5.07. The fourth-order valence-electron chi connectivity index (χ4n) is 5.03. The van der Waals surface area contributed by atoms with Crippen molar-refractivity contribution >= 4 is 51.1 Å². The molecule has 0 unspecified atom stereocenters. The Morgan fingerprint density at radius 1 is 1.15 bits per heavy atom. The molecule has 3 heterocycles. The maximum atomic E-state index is 13.6. The van der Waals surface area contributed by atoms with Gasteiger partial charge in [0.15, 0.2) is 0 Å². The Labute approximate surface area is 234 Å². The summed E-state index contributed by atoms with van der Waals surface area (Å²) in [4.78, 5) is 29.1. The number of aryl methyl sites for hydroxylation is 2. The Kier molecular flexibility index (Phi) is 7.40. The number of likely N-dealkylation sites (N-methyl/N-ethyl adjacent to an activating group) is 2. The largest absolute Gasteiger partial charge is 0.494 e. The molecule has 11 heteroatoms. The number of nitrogens with zero attached hydrogens (tertiary/aromatic N) is 6. The van der Waals surface area contributed by atoms with Crippen molar-refractivity contribution in [2.75, 3.05) is 80.6 Å². The molecule has 0 fully saturated rings. The quantitative estimate of drug-likeness (QED) is 0.285. The van der Waals surface area contributed by atoms with Gasteiger partial charge in [0.2, 0.25) is 5.95 Å². The summed E-state index contributed by atoms with van der Waals surface area (Å²) < 4.78 is 7.24. The minimum Gasteiger partial charge on any atom is -0.494 e. The average Bonchev–Trinajstić information content (AvgIpc) is 2.94. The lowest BCUT2D eigenvalue weighted by Crippen LogP contribution is -2.35. The van der Waals surface area contributed by atoms with Crippen LogP contribution in [0.5, 0.6) is 5.75 Å². The Bertz CT molecular complexity index is 1620. The number of anilines is 7. The van der Waals surface area contributed by atoms with Gasteiger partial charge in [0.25, 0.3) is 5.56 Å². The maximum absolute atomic E-state index is 13.6. The third-order valence-electron chi connectivity index (χ3n) is 7.29. The van der Waals surface area contributed by atoms with E-state index in [-0.39, 0.29) is 5.56 Å². The van der Waals surface area contributed by atoms with Gasteiger partial charge in [-0.2, -0.15) is 4.98 Å². The number of rotatable bonds is 8. The van der Waals surface area contributed by atoms with E-state index in [1.54, 1.807) is 24.9 Å². The molecule has 1 aliphatic rings. The molecule has 0 saturated carbocycles. The number of methoxy groups -OCH3 is 1. The summed E-state index contributed by atoms with van der Waals surface area (Å²) in [5, 5.41) is 7.45. The molecule has 0 spiro atoms. The van der Waals surface area contributed by atoms with Gasteiger partial charge >= 0.3 is 0 Å². The molecular formula is C29H37N9O2. The number of nitrogen functional groups attached to an aromatic ring is 1. The topological polar surface area (TPSA) is 117 Å². The van der Waals surface area contributed by atoms with Crippen LogP contribution in [0.25, 0.3) is 11.0 Å². The van der Waals surface area contributed by atoms with Crippen LogP contribution in [-0.4, -0.2) is 73.9 Å². The van der Waals surface area contributed by atoms with Gasteiger partial charge in [-0.3, -0.25) is 9.36 Å². The lowest BCUT2D eigenvalue weighted by atomic mass is 10.1. The molecular weight excluding hydrogens is 506 g/mol. The first kappa shape index (κ1) is 27.1. The predicted octanol–water partition coefficient (Wildman–Crippen LogP) is 3.53. The number of benzene rings is 2. The number of fused-ring (bicyclic) bond motifs is 2. The van der Waals surface area contributed by atoms with Crippen molar-refractivity contribution in [3.63, 3.8) is 0 Å². The standard InChI is InChI=1S/C29H37N9O2/c1-18-8-7-9-22-26(18)31-10-11-38(22)24-14-19-17-32-29(34-27(19)37(5)28(24)39)33-21-15-20(30)23(16-25(21)40-6)36(4)13-12-35(2)3/h7-9,14-17,31H,10-13,30H2,1-6H3,(H,32,33,34). The molecule has 0 atom stereocenters. The molecule has 4 aromatic rings. The third-order valence-corrected chi connectivity index (χ3v) is 7.29. The second-order valence-corrected chi connectivity index (χ2v) is 10.4. The molecule has 210 valence electrons. The molecule has 0 saturated heterocycles. The van der Waals surface area contributed by atoms with Crippen molar-refractivity contribution in [2.45, 2.75) is 6.92 Å². The second kappa shape index (κ2) is 10.9. The maximum Gasteiger partial charge on any atom is 0.275 e. The second-order valence-electron chi connectivity index (χ2n) is 10.4. The highest BCUT2D eigenvalue weighted by Gasteiger charge is 2.23. The van der Waals surface area contributed by atoms with Gasteiger partial charge in [0, 0.05) is 57.9 Å². The van der Waals surface area contributed by atoms with Crippen LogP contribution < -0.4 is 36.5 Å². The van der Waals surface area contributed by atoms with Crippen molar-refractivity contribution in [1.29, 1.82) is 0 Å². The summed E-state index contributed by atoms with van der Waals surface area (Å²) in [7, 11) is 9.43. The van der Waals surface area contributed by atoms with E-state index in [1.807, 2.05) is 51.5 Å². The van der Waals surface area contributed by atoms with E-state index in [2.05, 4.69) is 48.3 Å². The number of para-hydroxylation sites is 1. The van der Waals surface area contributed by atoms with E-state index in [1.165, 1.54) is 0 Å². The van der Waals surface area contributed by atoms with E-state index < -0.39 is 0 Å². The minimum absolute atomic E-state index is 0.126. The summed E-state index contributed by atoms with van der Waals surface area (Å²) in [6.45, 7) is 5.20. The highest BCUT2D eigenvalue weighted by Crippen LogP contribution is 2.37. The zero-order chi connectivity index (χ0) is 28.6. The van der Waals surface area contributed by atoms with E-state index >= 15 is 0 Å². The zero-order valence-corrected chi connectivity index (χ0v) is 23.9. The molecule has 0 bridgehead atoms. The Hall–Kier alpha value is -4.51. The summed E-state index contributed by atoms with van der Waals surface area (Å²) in [5.41, 5.74) is 12.7. The van der Waals surface area contributed by atoms with Gasteiger partial charge in [0.05, 0.1) is 35.5 Å². The average molecular weight is 544 g/mol. The molecule has 40 heavy (non-hydrogen) atoms. The van der Waals surface area contributed by atoms with Crippen molar-refractivity contribution in [3.8, 4) is 5.75 Å².